The molecule has 2 rings (SSSR count). The topological polar surface area (TPSA) is 45.2 Å². The Morgan fingerprint density at radius 2 is 2.04 bits per heavy atom. The van der Waals surface area contributed by atoms with Crippen molar-refractivity contribution in [2.75, 3.05) is 20.1 Å². The van der Waals surface area contributed by atoms with Crippen molar-refractivity contribution in [3.8, 4) is 0 Å². The van der Waals surface area contributed by atoms with Crippen molar-refractivity contribution in [2.45, 2.75) is 39.2 Å². The minimum Gasteiger partial charge on any atom is -0.346 e. The van der Waals surface area contributed by atoms with Gasteiger partial charge in [0.1, 0.15) is 5.01 Å². The molecular weight excluding hydrogens is 330 g/mol. The van der Waals surface area contributed by atoms with E-state index in [-0.39, 0.29) is 17.9 Å². The number of nitrogens with one attached hydrogen (secondary N) is 1. The molecule has 0 aliphatic rings. The van der Waals surface area contributed by atoms with Gasteiger partial charge in [-0.2, -0.15) is 0 Å². The summed E-state index contributed by atoms with van der Waals surface area (Å²) in [5, 5.41) is 6.14. The highest BCUT2D eigenvalue weighted by Gasteiger charge is 2.21. The average Bonchev–Trinajstić information content (AvgIpc) is 3.15. The van der Waals surface area contributed by atoms with Gasteiger partial charge in [-0.3, -0.25) is 4.79 Å². The number of nitrogens with zero attached hydrogens (tertiary/aromatic N) is 2. The molecule has 0 saturated heterocycles. The Morgan fingerprint density at radius 3 is 2.68 bits per heavy atom. The third kappa shape index (κ3) is 6.59. The molecule has 1 aromatic heterocycles. The summed E-state index contributed by atoms with van der Waals surface area (Å²) in [7, 11) is 2.11. The maximum absolute atomic E-state index is 12.7. The van der Waals surface area contributed by atoms with E-state index in [1.54, 1.807) is 17.5 Å². The fourth-order valence-electron chi connectivity index (χ4n) is 2.81. The average molecular weight is 360 g/mol. The highest BCUT2D eigenvalue weighted by Crippen LogP contribution is 2.21. The molecule has 0 bridgehead atoms. The molecular formula is C20H29N3OS. The van der Waals surface area contributed by atoms with Crippen molar-refractivity contribution >= 4 is 17.2 Å². The van der Waals surface area contributed by atoms with Crippen molar-refractivity contribution in [2.24, 2.45) is 5.92 Å². The van der Waals surface area contributed by atoms with Gasteiger partial charge in [0, 0.05) is 17.5 Å². The quantitative estimate of drug-likeness (QED) is 0.699. The Labute approximate surface area is 155 Å². The summed E-state index contributed by atoms with van der Waals surface area (Å²) in [6, 6.07) is 10.2. The Bertz CT molecular complexity index is 615. The van der Waals surface area contributed by atoms with Crippen molar-refractivity contribution in [3.63, 3.8) is 0 Å². The number of amides is 1. The minimum atomic E-state index is -0.0641. The van der Waals surface area contributed by atoms with Crippen LogP contribution >= 0.6 is 11.3 Å². The molecule has 1 N–H and O–H groups in total. The zero-order valence-corrected chi connectivity index (χ0v) is 16.3. The van der Waals surface area contributed by atoms with Crippen molar-refractivity contribution in [1.82, 2.24) is 15.2 Å². The third-order valence-electron chi connectivity index (χ3n) is 4.35. The summed E-state index contributed by atoms with van der Waals surface area (Å²) in [6.45, 7) is 6.21. The minimum absolute atomic E-state index is 0.00228. The van der Waals surface area contributed by atoms with Crippen LogP contribution in [0.15, 0.2) is 41.9 Å². The molecule has 25 heavy (non-hydrogen) atoms. The second-order valence-corrected chi connectivity index (χ2v) is 7.54. The first-order chi connectivity index (χ1) is 12.1. The lowest BCUT2D eigenvalue weighted by atomic mass is 10.0. The normalized spacial score (nSPS) is 13.6. The fourth-order valence-corrected chi connectivity index (χ4v) is 3.50. The number of thiazole rings is 1. The standard InChI is InChI=1S/C20H29N3OS/c1-4-12-23(3)13-10-16(2)19(24)22-18(20-21-11-14-25-20)15-17-8-6-5-7-9-17/h5-9,11,14,16,18H,4,10,12-13,15H2,1-3H3,(H,22,24). The molecule has 0 saturated carbocycles. The summed E-state index contributed by atoms with van der Waals surface area (Å²) in [6.07, 6.45) is 4.58. The van der Waals surface area contributed by atoms with Gasteiger partial charge in [-0.15, -0.1) is 11.3 Å². The second-order valence-electron chi connectivity index (χ2n) is 6.61. The molecule has 1 amide bonds. The zero-order chi connectivity index (χ0) is 18.1. The lowest BCUT2D eigenvalue weighted by Gasteiger charge is -2.21. The van der Waals surface area contributed by atoms with E-state index in [0.29, 0.717) is 0 Å². The summed E-state index contributed by atoms with van der Waals surface area (Å²) >= 11 is 1.59. The Morgan fingerprint density at radius 1 is 1.28 bits per heavy atom. The van der Waals surface area contributed by atoms with Gasteiger partial charge < -0.3 is 10.2 Å². The first-order valence-corrected chi connectivity index (χ1v) is 9.90. The summed E-state index contributed by atoms with van der Waals surface area (Å²) in [4.78, 5) is 19.4. The summed E-state index contributed by atoms with van der Waals surface area (Å²) < 4.78 is 0. The number of carbonyl (C=O) groups excluding carboxylic acids is 1. The van der Waals surface area contributed by atoms with Crippen LogP contribution in [0.1, 0.15) is 43.3 Å². The molecule has 1 aromatic carbocycles. The van der Waals surface area contributed by atoms with Crippen LogP contribution in [0, 0.1) is 5.92 Å². The zero-order valence-electron chi connectivity index (χ0n) is 15.4. The van der Waals surface area contributed by atoms with E-state index in [9.17, 15) is 4.79 Å². The molecule has 136 valence electrons. The lowest BCUT2D eigenvalue weighted by Crippen LogP contribution is -2.35. The SMILES string of the molecule is CCCN(C)CCC(C)C(=O)NC(Cc1ccccc1)c1nccs1. The van der Waals surface area contributed by atoms with Crippen LogP contribution in [0.25, 0.3) is 0 Å². The van der Waals surface area contributed by atoms with Gasteiger partial charge in [0.2, 0.25) is 5.91 Å². The predicted molar refractivity (Wildman–Crippen MR) is 105 cm³/mol. The smallest absolute Gasteiger partial charge is 0.223 e. The number of aromatic nitrogens is 1. The Hall–Kier alpha value is -1.72. The van der Waals surface area contributed by atoms with Crippen LogP contribution in [0.2, 0.25) is 0 Å². The molecule has 2 unspecified atom stereocenters. The molecule has 0 fully saturated rings. The maximum Gasteiger partial charge on any atom is 0.223 e. The second kappa shape index (κ2) is 10.3. The molecule has 0 aliphatic carbocycles. The largest absolute Gasteiger partial charge is 0.346 e. The number of hydrogen-bond acceptors (Lipinski definition) is 4. The fraction of sp³-hybridized carbons (Fsp3) is 0.500. The van der Waals surface area contributed by atoms with Crippen LogP contribution in [0.4, 0.5) is 0 Å². The van der Waals surface area contributed by atoms with Gasteiger partial charge in [0.05, 0.1) is 6.04 Å². The van der Waals surface area contributed by atoms with E-state index in [0.717, 1.165) is 37.4 Å². The van der Waals surface area contributed by atoms with Crippen LogP contribution in [0.3, 0.4) is 0 Å². The number of carbonyl (C=O) groups is 1. The van der Waals surface area contributed by atoms with Crippen LogP contribution in [-0.4, -0.2) is 35.9 Å². The molecule has 2 atom stereocenters. The van der Waals surface area contributed by atoms with E-state index in [1.165, 1.54) is 5.56 Å². The molecule has 1 heterocycles. The highest BCUT2D eigenvalue weighted by atomic mass is 32.1. The molecule has 0 aliphatic heterocycles. The molecule has 0 radical (unpaired) electrons. The monoisotopic (exact) mass is 359 g/mol. The van der Waals surface area contributed by atoms with Gasteiger partial charge in [0.25, 0.3) is 0 Å². The van der Waals surface area contributed by atoms with E-state index in [1.807, 2.05) is 30.5 Å². The van der Waals surface area contributed by atoms with Crippen molar-refractivity contribution in [1.29, 1.82) is 0 Å². The first-order valence-electron chi connectivity index (χ1n) is 9.02. The van der Waals surface area contributed by atoms with Gasteiger partial charge in [-0.1, -0.05) is 44.2 Å². The number of benzene rings is 1. The van der Waals surface area contributed by atoms with Crippen LogP contribution in [0.5, 0.6) is 0 Å². The van der Waals surface area contributed by atoms with E-state index >= 15 is 0 Å². The van der Waals surface area contributed by atoms with Crippen molar-refractivity contribution < 1.29 is 4.79 Å². The number of rotatable bonds is 10. The van der Waals surface area contributed by atoms with E-state index in [4.69, 9.17) is 0 Å². The predicted octanol–water partition coefficient (Wildman–Crippen LogP) is 3.91. The van der Waals surface area contributed by atoms with E-state index < -0.39 is 0 Å². The molecule has 5 heteroatoms. The summed E-state index contributed by atoms with van der Waals surface area (Å²) in [5.74, 6) is 0.110. The molecule has 4 nitrogen and oxygen atoms in total. The van der Waals surface area contributed by atoms with Crippen LogP contribution in [-0.2, 0) is 11.2 Å². The number of hydrogen-bond donors (Lipinski definition) is 1. The summed E-state index contributed by atoms with van der Waals surface area (Å²) in [5.41, 5.74) is 1.21. The Kier molecular flexibility index (Phi) is 8.09. The maximum atomic E-state index is 12.7. The van der Waals surface area contributed by atoms with Gasteiger partial charge in [-0.25, -0.2) is 4.98 Å². The molecule has 2 aromatic rings. The Balaban J connectivity index is 1.95. The lowest BCUT2D eigenvalue weighted by molar-refractivity contribution is -0.125. The third-order valence-corrected chi connectivity index (χ3v) is 5.23. The van der Waals surface area contributed by atoms with Crippen molar-refractivity contribution in [3.05, 3.63) is 52.5 Å². The van der Waals surface area contributed by atoms with Crippen LogP contribution < -0.4 is 5.32 Å². The molecule has 0 spiro atoms. The van der Waals surface area contributed by atoms with Gasteiger partial charge in [0.15, 0.2) is 0 Å². The first kappa shape index (κ1) is 19.6. The highest BCUT2D eigenvalue weighted by molar-refractivity contribution is 7.09. The van der Waals surface area contributed by atoms with Gasteiger partial charge in [-0.05, 0) is 45.0 Å². The van der Waals surface area contributed by atoms with Gasteiger partial charge >= 0.3 is 0 Å². The van der Waals surface area contributed by atoms with E-state index in [2.05, 4.69) is 41.3 Å².